The average Bonchev–Trinajstić information content (AvgIpc) is 3.21. The number of rotatable bonds is 9. The van der Waals surface area contributed by atoms with Crippen molar-refractivity contribution in [3.8, 4) is 11.5 Å². The molecule has 1 fully saturated rings. The molecule has 1 N–H and O–H groups in total. The Bertz CT molecular complexity index is 1680. The van der Waals surface area contributed by atoms with Gasteiger partial charge in [-0.1, -0.05) is 48.0 Å². The number of imide groups is 1. The molecule has 1 aliphatic heterocycles. The number of benzene rings is 4. The zero-order valence-electron chi connectivity index (χ0n) is 21.9. The quantitative estimate of drug-likeness (QED) is 0.206. The monoisotopic (exact) mass is 590 g/mol. The number of anilines is 1. The van der Waals surface area contributed by atoms with E-state index in [-0.39, 0.29) is 16.5 Å². The summed E-state index contributed by atoms with van der Waals surface area (Å²) in [5.41, 5.74) is 1.83. The van der Waals surface area contributed by atoms with Crippen LogP contribution in [0, 0.1) is 5.82 Å². The number of halogens is 2. The molecule has 1 heterocycles. The van der Waals surface area contributed by atoms with Gasteiger partial charge in [-0.3, -0.25) is 19.3 Å². The van der Waals surface area contributed by atoms with Crippen LogP contribution in [0.25, 0.3) is 16.8 Å². The van der Waals surface area contributed by atoms with Gasteiger partial charge in [-0.25, -0.2) is 4.39 Å². The summed E-state index contributed by atoms with van der Waals surface area (Å²) in [7, 11) is 0. The van der Waals surface area contributed by atoms with Gasteiger partial charge < -0.3 is 14.8 Å². The fourth-order valence-corrected chi connectivity index (χ4v) is 5.34. The predicted molar refractivity (Wildman–Crippen MR) is 159 cm³/mol. The number of hydrogen-bond donors (Lipinski definition) is 1. The van der Waals surface area contributed by atoms with E-state index in [1.165, 1.54) is 30.3 Å². The van der Waals surface area contributed by atoms with E-state index in [4.69, 9.17) is 21.1 Å². The molecule has 10 heteroatoms. The molecule has 0 atom stereocenters. The Morgan fingerprint density at radius 2 is 1.76 bits per heavy atom. The molecular formula is C31H24ClFN2O5S. The van der Waals surface area contributed by atoms with Gasteiger partial charge in [0.2, 0.25) is 5.91 Å². The minimum Gasteiger partial charge on any atom is -0.490 e. The summed E-state index contributed by atoms with van der Waals surface area (Å²) in [5, 5.41) is 4.47. The fraction of sp³-hybridized carbons (Fsp3) is 0.129. The van der Waals surface area contributed by atoms with Crippen LogP contribution in [0.3, 0.4) is 0 Å². The fourth-order valence-electron chi connectivity index (χ4n) is 4.22. The van der Waals surface area contributed by atoms with Crippen molar-refractivity contribution in [2.75, 3.05) is 18.5 Å². The summed E-state index contributed by atoms with van der Waals surface area (Å²) in [5.74, 6) is -0.889. The van der Waals surface area contributed by atoms with Crippen molar-refractivity contribution in [2.24, 2.45) is 0 Å². The Kier molecular flexibility index (Phi) is 8.56. The van der Waals surface area contributed by atoms with E-state index >= 15 is 0 Å². The van der Waals surface area contributed by atoms with Crippen LogP contribution < -0.4 is 14.8 Å². The van der Waals surface area contributed by atoms with Gasteiger partial charge in [-0.2, -0.15) is 0 Å². The van der Waals surface area contributed by atoms with Gasteiger partial charge in [-0.15, -0.1) is 0 Å². The van der Waals surface area contributed by atoms with Crippen molar-refractivity contribution in [1.29, 1.82) is 0 Å². The van der Waals surface area contributed by atoms with Crippen LogP contribution in [0.15, 0.2) is 83.8 Å². The Morgan fingerprint density at radius 1 is 1.00 bits per heavy atom. The van der Waals surface area contributed by atoms with Crippen molar-refractivity contribution in [2.45, 2.75) is 13.5 Å². The van der Waals surface area contributed by atoms with Crippen molar-refractivity contribution in [3.05, 3.63) is 106 Å². The third-order valence-electron chi connectivity index (χ3n) is 6.13. The maximum Gasteiger partial charge on any atom is 0.294 e. The van der Waals surface area contributed by atoms with Crippen LogP contribution >= 0.6 is 23.4 Å². The van der Waals surface area contributed by atoms with Crippen LogP contribution in [0.2, 0.25) is 5.02 Å². The van der Waals surface area contributed by atoms with E-state index in [0.717, 1.165) is 33.0 Å². The highest BCUT2D eigenvalue weighted by molar-refractivity contribution is 8.18. The summed E-state index contributed by atoms with van der Waals surface area (Å²) in [6, 6.07) is 22.6. The molecule has 4 aromatic rings. The van der Waals surface area contributed by atoms with Crippen LogP contribution in [-0.2, 0) is 16.2 Å². The average molecular weight is 591 g/mol. The molecule has 0 spiro atoms. The van der Waals surface area contributed by atoms with Crippen LogP contribution in [0.4, 0.5) is 14.9 Å². The summed E-state index contributed by atoms with van der Waals surface area (Å²) >= 11 is 7.30. The largest absolute Gasteiger partial charge is 0.490 e. The highest BCUT2D eigenvalue weighted by Gasteiger charge is 2.36. The Hall–Kier alpha value is -4.34. The van der Waals surface area contributed by atoms with Crippen molar-refractivity contribution >= 4 is 63.0 Å². The number of amides is 3. The zero-order valence-corrected chi connectivity index (χ0v) is 23.4. The lowest BCUT2D eigenvalue weighted by Crippen LogP contribution is -2.36. The third-order valence-corrected chi connectivity index (χ3v) is 7.32. The highest BCUT2D eigenvalue weighted by atomic mass is 35.5. The molecule has 1 saturated heterocycles. The minimum atomic E-state index is -0.611. The van der Waals surface area contributed by atoms with E-state index in [1.54, 1.807) is 12.1 Å². The van der Waals surface area contributed by atoms with Gasteiger partial charge in [0.05, 0.1) is 16.5 Å². The van der Waals surface area contributed by atoms with Crippen molar-refractivity contribution in [1.82, 2.24) is 4.90 Å². The SMILES string of the molecule is CCOc1cc(/C=C2\SC(=O)N(CC(=O)Nc3ccc(F)cc3)C2=O)cc(Cl)c1OCc1ccc2ccccc2c1. The second-order valence-electron chi connectivity index (χ2n) is 9.06. The second kappa shape index (κ2) is 12.4. The highest BCUT2D eigenvalue weighted by Crippen LogP contribution is 2.39. The Balaban J connectivity index is 1.30. The first-order chi connectivity index (χ1) is 19.8. The summed E-state index contributed by atoms with van der Waals surface area (Å²) < 4.78 is 24.9. The van der Waals surface area contributed by atoms with Gasteiger partial charge in [0.15, 0.2) is 11.5 Å². The zero-order chi connectivity index (χ0) is 28.9. The Morgan fingerprint density at radius 3 is 2.51 bits per heavy atom. The van der Waals surface area contributed by atoms with E-state index in [9.17, 15) is 18.8 Å². The minimum absolute atomic E-state index is 0.132. The first-order valence-electron chi connectivity index (χ1n) is 12.7. The molecule has 41 heavy (non-hydrogen) atoms. The number of ether oxygens (including phenoxy) is 2. The lowest BCUT2D eigenvalue weighted by Gasteiger charge is -2.15. The molecule has 3 amide bonds. The molecule has 5 rings (SSSR count). The van der Waals surface area contributed by atoms with Gasteiger partial charge >= 0.3 is 0 Å². The molecule has 0 aromatic heterocycles. The van der Waals surface area contributed by atoms with Gasteiger partial charge in [0.1, 0.15) is 19.0 Å². The number of nitrogens with one attached hydrogen (secondary N) is 1. The number of carbonyl (C=O) groups excluding carboxylic acids is 3. The van der Waals surface area contributed by atoms with E-state index < -0.39 is 29.4 Å². The molecule has 4 aromatic carbocycles. The first-order valence-corrected chi connectivity index (χ1v) is 13.9. The molecular weight excluding hydrogens is 567 g/mol. The molecule has 7 nitrogen and oxygen atoms in total. The summed E-state index contributed by atoms with van der Waals surface area (Å²) in [6.45, 7) is 1.97. The van der Waals surface area contributed by atoms with Gasteiger partial charge in [0, 0.05) is 5.69 Å². The number of nitrogens with zero attached hydrogens (tertiary/aromatic N) is 1. The first kappa shape index (κ1) is 28.2. The molecule has 0 aliphatic carbocycles. The maximum atomic E-state index is 13.1. The second-order valence-corrected chi connectivity index (χ2v) is 10.5. The number of carbonyl (C=O) groups is 3. The maximum absolute atomic E-state index is 13.1. The van der Waals surface area contributed by atoms with Crippen molar-refractivity contribution in [3.63, 3.8) is 0 Å². The van der Waals surface area contributed by atoms with E-state index in [1.807, 2.05) is 49.4 Å². The smallest absolute Gasteiger partial charge is 0.294 e. The molecule has 0 saturated carbocycles. The molecule has 0 radical (unpaired) electrons. The molecule has 208 valence electrons. The lowest BCUT2D eigenvalue weighted by atomic mass is 10.1. The lowest BCUT2D eigenvalue weighted by molar-refractivity contribution is -0.127. The van der Waals surface area contributed by atoms with Crippen molar-refractivity contribution < 1.29 is 28.2 Å². The normalized spacial score (nSPS) is 14.1. The van der Waals surface area contributed by atoms with Gasteiger partial charge in [0.25, 0.3) is 11.1 Å². The van der Waals surface area contributed by atoms with Gasteiger partial charge in [-0.05, 0) is 89.1 Å². The topological polar surface area (TPSA) is 84.9 Å². The third kappa shape index (κ3) is 6.70. The molecule has 0 bridgehead atoms. The van der Waals surface area contributed by atoms with Crippen LogP contribution in [0.5, 0.6) is 11.5 Å². The summed E-state index contributed by atoms with van der Waals surface area (Å²) in [4.78, 5) is 38.9. The Labute approximate surface area is 244 Å². The standard InChI is InChI=1S/C31H24ClFN2O5S/c1-2-39-26-15-20(14-25(32)29(26)40-18-19-7-8-21-5-3-4-6-22(21)13-19)16-27-30(37)35(31(38)41-27)17-28(36)34-24-11-9-23(33)10-12-24/h3-16H,2,17-18H2,1H3,(H,34,36)/b27-16-. The predicted octanol–water partition coefficient (Wildman–Crippen LogP) is 7.29. The number of fused-ring (bicyclic) bond motifs is 1. The van der Waals surface area contributed by atoms with E-state index in [2.05, 4.69) is 5.32 Å². The number of hydrogen-bond acceptors (Lipinski definition) is 6. The molecule has 1 aliphatic rings. The van der Waals surface area contributed by atoms with Crippen LogP contribution in [0.1, 0.15) is 18.1 Å². The number of thioether (sulfide) groups is 1. The molecule has 0 unspecified atom stereocenters. The summed E-state index contributed by atoms with van der Waals surface area (Å²) in [6.07, 6.45) is 1.52. The van der Waals surface area contributed by atoms with Crippen LogP contribution in [-0.4, -0.2) is 35.1 Å². The van der Waals surface area contributed by atoms with E-state index in [0.29, 0.717) is 29.4 Å².